The van der Waals surface area contributed by atoms with Crippen LogP contribution in [0.3, 0.4) is 0 Å². The fourth-order valence-electron chi connectivity index (χ4n) is 3.20. The molecule has 0 aliphatic carbocycles. The first-order chi connectivity index (χ1) is 10.8. The Kier molecular flexibility index (Phi) is 5.11. The van der Waals surface area contributed by atoms with Crippen LogP contribution in [-0.4, -0.2) is 35.4 Å². The number of benzene rings is 1. The number of nitrogens with one attached hydrogen (secondary N) is 2. The van der Waals surface area contributed by atoms with Gasteiger partial charge in [0.2, 0.25) is 5.91 Å². The Labute approximate surface area is 131 Å². The lowest BCUT2D eigenvalue weighted by Gasteiger charge is -2.20. The molecule has 3 rings (SSSR count). The molecule has 0 atom stereocenters. The summed E-state index contributed by atoms with van der Waals surface area (Å²) in [7, 11) is 0. The lowest BCUT2D eigenvalue weighted by molar-refractivity contribution is -0.131. The molecule has 1 aliphatic heterocycles. The van der Waals surface area contributed by atoms with Crippen LogP contribution in [0.4, 0.5) is 0 Å². The monoisotopic (exact) mass is 299 g/mol. The summed E-state index contributed by atoms with van der Waals surface area (Å²) in [6.07, 6.45) is 7.43. The third-order valence-electron chi connectivity index (χ3n) is 4.48. The number of amides is 1. The van der Waals surface area contributed by atoms with Crippen molar-refractivity contribution in [1.82, 2.24) is 15.2 Å². The molecule has 22 heavy (non-hydrogen) atoms. The summed E-state index contributed by atoms with van der Waals surface area (Å²) in [5, 5.41) is 4.67. The smallest absolute Gasteiger partial charge is 0.223 e. The standard InChI is InChI=1S/C18H25N3O/c22-18(21-12-3-1-2-4-13-21)9-10-19-14-15-6-5-7-17-16(15)8-11-20-17/h5-8,11,19-20H,1-4,9-10,12-14H2. The number of carbonyl (C=O) groups excluding carboxylic acids is 1. The van der Waals surface area contributed by atoms with Gasteiger partial charge in [-0.2, -0.15) is 0 Å². The van der Waals surface area contributed by atoms with Crippen LogP contribution in [0.15, 0.2) is 30.5 Å². The molecule has 0 spiro atoms. The third kappa shape index (κ3) is 3.69. The van der Waals surface area contributed by atoms with Crippen molar-refractivity contribution in [2.24, 2.45) is 0 Å². The summed E-state index contributed by atoms with van der Waals surface area (Å²) in [5.41, 5.74) is 2.45. The Hall–Kier alpha value is -1.81. The number of hydrogen-bond donors (Lipinski definition) is 2. The highest BCUT2D eigenvalue weighted by atomic mass is 16.2. The van der Waals surface area contributed by atoms with E-state index in [4.69, 9.17) is 0 Å². The van der Waals surface area contributed by atoms with E-state index in [1.165, 1.54) is 29.3 Å². The molecule has 1 saturated heterocycles. The van der Waals surface area contributed by atoms with Gasteiger partial charge in [0.25, 0.3) is 0 Å². The van der Waals surface area contributed by atoms with Crippen LogP contribution in [-0.2, 0) is 11.3 Å². The van der Waals surface area contributed by atoms with E-state index in [2.05, 4.69) is 34.6 Å². The van der Waals surface area contributed by atoms with Gasteiger partial charge in [0, 0.05) is 49.7 Å². The number of nitrogens with zero attached hydrogens (tertiary/aromatic N) is 1. The zero-order valence-corrected chi connectivity index (χ0v) is 13.1. The predicted octanol–water partition coefficient (Wildman–Crippen LogP) is 3.05. The van der Waals surface area contributed by atoms with E-state index in [-0.39, 0.29) is 0 Å². The second kappa shape index (κ2) is 7.45. The molecule has 2 heterocycles. The Morgan fingerprint density at radius 3 is 2.77 bits per heavy atom. The Morgan fingerprint density at radius 1 is 1.14 bits per heavy atom. The van der Waals surface area contributed by atoms with Crippen LogP contribution >= 0.6 is 0 Å². The Balaban J connectivity index is 1.45. The molecule has 1 aromatic heterocycles. The van der Waals surface area contributed by atoms with Crippen LogP contribution in [0.2, 0.25) is 0 Å². The zero-order chi connectivity index (χ0) is 15.2. The van der Waals surface area contributed by atoms with Gasteiger partial charge in [-0.3, -0.25) is 4.79 Å². The first-order valence-corrected chi connectivity index (χ1v) is 8.38. The summed E-state index contributed by atoms with van der Waals surface area (Å²) in [6.45, 7) is 3.45. The summed E-state index contributed by atoms with van der Waals surface area (Å²) >= 11 is 0. The molecular formula is C18H25N3O. The van der Waals surface area contributed by atoms with Gasteiger partial charge in [-0.05, 0) is 30.5 Å². The van der Waals surface area contributed by atoms with Crippen LogP contribution in [0.25, 0.3) is 10.9 Å². The predicted molar refractivity (Wildman–Crippen MR) is 89.7 cm³/mol. The molecule has 2 aromatic rings. The average molecular weight is 299 g/mol. The van der Waals surface area contributed by atoms with Gasteiger partial charge in [0.15, 0.2) is 0 Å². The van der Waals surface area contributed by atoms with E-state index in [0.717, 1.165) is 39.0 Å². The number of aromatic amines is 1. The Morgan fingerprint density at radius 2 is 1.95 bits per heavy atom. The molecular weight excluding hydrogens is 274 g/mol. The van der Waals surface area contributed by atoms with Gasteiger partial charge in [-0.15, -0.1) is 0 Å². The summed E-state index contributed by atoms with van der Waals surface area (Å²) < 4.78 is 0. The first-order valence-electron chi connectivity index (χ1n) is 8.38. The van der Waals surface area contributed by atoms with Crippen molar-refractivity contribution in [3.8, 4) is 0 Å². The molecule has 1 aromatic carbocycles. The van der Waals surface area contributed by atoms with E-state index < -0.39 is 0 Å². The van der Waals surface area contributed by atoms with Crippen LogP contribution in [0.5, 0.6) is 0 Å². The highest BCUT2D eigenvalue weighted by molar-refractivity contribution is 5.82. The SMILES string of the molecule is O=C(CCNCc1cccc2[nH]ccc12)N1CCCCCC1. The molecule has 1 aliphatic rings. The van der Waals surface area contributed by atoms with Crippen LogP contribution in [0.1, 0.15) is 37.7 Å². The minimum Gasteiger partial charge on any atom is -0.361 e. The van der Waals surface area contributed by atoms with Crippen molar-refractivity contribution in [3.05, 3.63) is 36.0 Å². The van der Waals surface area contributed by atoms with Crippen molar-refractivity contribution in [1.29, 1.82) is 0 Å². The number of hydrogen-bond acceptors (Lipinski definition) is 2. The number of aromatic nitrogens is 1. The number of rotatable bonds is 5. The number of likely N-dealkylation sites (tertiary alicyclic amines) is 1. The minimum atomic E-state index is 0.300. The van der Waals surface area contributed by atoms with Crippen molar-refractivity contribution in [2.45, 2.75) is 38.6 Å². The van der Waals surface area contributed by atoms with Gasteiger partial charge in [-0.1, -0.05) is 25.0 Å². The molecule has 4 heteroatoms. The minimum absolute atomic E-state index is 0.300. The van der Waals surface area contributed by atoms with Gasteiger partial charge in [-0.25, -0.2) is 0 Å². The van der Waals surface area contributed by atoms with E-state index in [9.17, 15) is 4.79 Å². The van der Waals surface area contributed by atoms with Gasteiger partial charge in [0.1, 0.15) is 0 Å². The molecule has 1 amide bonds. The number of carbonyl (C=O) groups is 1. The number of fused-ring (bicyclic) bond motifs is 1. The van der Waals surface area contributed by atoms with Crippen molar-refractivity contribution in [2.75, 3.05) is 19.6 Å². The quantitative estimate of drug-likeness (QED) is 0.834. The normalized spacial score (nSPS) is 15.9. The summed E-state index contributed by atoms with van der Waals surface area (Å²) in [6, 6.07) is 8.40. The number of H-pyrrole nitrogens is 1. The molecule has 1 fully saturated rings. The summed E-state index contributed by atoms with van der Waals surface area (Å²) in [4.78, 5) is 17.5. The highest BCUT2D eigenvalue weighted by Gasteiger charge is 2.14. The molecule has 0 bridgehead atoms. The van der Waals surface area contributed by atoms with Crippen molar-refractivity contribution in [3.63, 3.8) is 0 Å². The molecule has 0 saturated carbocycles. The molecule has 2 N–H and O–H groups in total. The molecule has 0 unspecified atom stereocenters. The first kappa shape index (κ1) is 15.1. The molecule has 0 radical (unpaired) electrons. The lowest BCUT2D eigenvalue weighted by Crippen LogP contribution is -2.33. The van der Waals surface area contributed by atoms with E-state index >= 15 is 0 Å². The molecule has 4 nitrogen and oxygen atoms in total. The van der Waals surface area contributed by atoms with E-state index in [1.54, 1.807) is 0 Å². The fraction of sp³-hybridized carbons (Fsp3) is 0.500. The van der Waals surface area contributed by atoms with Crippen LogP contribution < -0.4 is 5.32 Å². The maximum Gasteiger partial charge on any atom is 0.223 e. The summed E-state index contributed by atoms with van der Waals surface area (Å²) in [5.74, 6) is 0.300. The maximum absolute atomic E-state index is 12.2. The molecule has 118 valence electrons. The van der Waals surface area contributed by atoms with Gasteiger partial charge in [0.05, 0.1) is 0 Å². The van der Waals surface area contributed by atoms with Gasteiger partial charge >= 0.3 is 0 Å². The van der Waals surface area contributed by atoms with Crippen molar-refractivity contribution < 1.29 is 4.79 Å². The van der Waals surface area contributed by atoms with Crippen molar-refractivity contribution >= 4 is 16.8 Å². The highest BCUT2D eigenvalue weighted by Crippen LogP contribution is 2.17. The van der Waals surface area contributed by atoms with E-state index in [0.29, 0.717) is 12.3 Å². The Bertz CT molecular complexity index is 612. The second-order valence-electron chi connectivity index (χ2n) is 6.08. The van der Waals surface area contributed by atoms with E-state index in [1.807, 2.05) is 11.1 Å². The zero-order valence-electron chi connectivity index (χ0n) is 13.1. The van der Waals surface area contributed by atoms with Crippen LogP contribution in [0, 0.1) is 0 Å². The maximum atomic E-state index is 12.2. The second-order valence-corrected chi connectivity index (χ2v) is 6.08. The van der Waals surface area contributed by atoms with Gasteiger partial charge < -0.3 is 15.2 Å². The fourth-order valence-corrected chi connectivity index (χ4v) is 3.20. The average Bonchev–Trinajstić information content (AvgIpc) is 2.85. The largest absolute Gasteiger partial charge is 0.361 e. The lowest BCUT2D eigenvalue weighted by atomic mass is 10.1. The topological polar surface area (TPSA) is 48.1 Å². The third-order valence-corrected chi connectivity index (χ3v) is 4.48.